The predicted molar refractivity (Wildman–Crippen MR) is 95.3 cm³/mol. The Hall–Kier alpha value is -2.69. The zero-order valence-corrected chi connectivity index (χ0v) is 15.0. The third-order valence-electron chi connectivity index (χ3n) is 3.29. The fourth-order valence-electron chi connectivity index (χ4n) is 2.13. The third-order valence-corrected chi connectivity index (χ3v) is 5.21. The van der Waals surface area contributed by atoms with Crippen molar-refractivity contribution in [2.75, 3.05) is 4.72 Å². The zero-order valence-electron chi connectivity index (χ0n) is 12.7. The van der Waals surface area contributed by atoms with Crippen molar-refractivity contribution in [2.24, 2.45) is 0 Å². The van der Waals surface area contributed by atoms with Gasteiger partial charge in [-0.3, -0.25) is 14.8 Å². The minimum absolute atomic E-state index is 0.126. The lowest BCUT2D eigenvalue weighted by Crippen LogP contribution is -2.15. The van der Waals surface area contributed by atoms with Crippen molar-refractivity contribution < 1.29 is 13.3 Å². The van der Waals surface area contributed by atoms with E-state index >= 15 is 0 Å². The molecule has 3 rings (SSSR count). The number of hydrogen-bond acceptors (Lipinski definition) is 6. The summed E-state index contributed by atoms with van der Waals surface area (Å²) in [6, 6.07) is 7.69. The van der Waals surface area contributed by atoms with Crippen LogP contribution in [0.5, 0.6) is 0 Å². The third kappa shape index (κ3) is 3.62. The van der Waals surface area contributed by atoms with Gasteiger partial charge in [0.25, 0.3) is 15.7 Å². The molecule has 0 saturated heterocycles. The first-order chi connectivity index (χ1) is 12.3. The van der Waals surface area contributed by atoms with Crippen LogP contribution in [0.3, 0.4) is 0 Å². The molecule has 0 aliphatic rings. The first kappa shape index (κ1) is 18.1. The van der Waals surface area contributed by atoms with Gasteiger partial charge in [-0.1, -0.05) is 23.2 Å². The minimum Gasteiger partial charge on any atom is -0.277 e. The van der Waals surface area contributed by atoms with E-state index < -0.39 is 20.6 Å². The van der Waals surface area contributed by atoms with Gasteiger partial charge in [-0.25, -0.2) is 18.1 Å². The summed E-state index contributed by atoms with van der Waals surface area (Å²) in [5.74, 6) is 0. The molecule has 0 unspecified atom stereocenters. The van der Waals surface area contributed by atoms with Crippen molar-refractivity contribution in [1.82, 2.24) is 14.8 Å². The Balaban J connectivity index is 2.05. The van der Waals surface area contributed by atoms with Crippen LogP contribution in [-0.2, 0) is 10.0 Å². The Morgan fingerprint density at radius 3 is 2.58 bits per heavy atom. The lowest BCUT2D eigenvalue weighted by molar-refractivity contribution is -0.384. The predicted octanol–water partition coefficient (Wildman–Crippen LogP) is 3.28. The van der Waals surface area contributed by atoms with E-state index in [-0.39, 0.29) is 20.6 Å². The summed E-state index contributed by atoms with van der Waals surface area (Å²) in [5, 5.41) is 15.1. The van der Waals surface area contributed by atoms with Gasteiger partial charge in [0.2, 0.25) is 0 Å². The highest BCUT2D eigenvalue weighted by Crippen LogP contribution is 2.30. The minimum atomic E-state index is -4.15. The molecule has 0 aliphatic carbocycles. The number of benzene rings is 2. The molecule has 1 aromatic heterocycles. The number of rotatable bonds is 5. The average Bonchev–Trinajstić information content (AvgIpc) is 3.08. The van der Waals surface area contributed by atoms with Crippen molar-refractivity contribution in [2.45, 2.75) is 4.90 Å². The number of nitrogens with one attached hydrogen (secondary N) is 1. The second-order valence-electron chi connectivity index (χ2n) is 4.98. The molecular formula is C14H9Cl2N5O4S. The molecule has 0 bridgehead atoms. The molecule has 1 heterocycles. The Bertz CT molecular complexity index is 1090. The monoisotopic (exact) mass is 413 g/mol. The molecule has 26 heavy (non-hydrogen) atoms. The average molecular weight is 414 g/mol. The van der Waals surface area contributed by atoms with E-state index in [0.717, 1.165) is 18.2 Å². The largest absolute Gasteiger partial charge is 0.289 e. The van der Waals surface area contributed by atoms with Crippen molar-refractivity contribution in [3.63, 3.8) is 0 Å². The van der Waals surface area contributed by atoms with Gasteiger partial charge in [-0.2, -0.15) is 5.10 Å². The van der Waals surface area contributed by atoms with Crippen LogP contribution in [-0.4, -0.2) is 28.1 Å². The summed E-state index contributed by atoms with van der Waals surface area (Å²) in [5.41, 5.74) is -0.0170. The highest BCUT2D eigenvalue weighted by atomic mass is 35.5. The normalized spacial score (nSPS) is 11.3. The summed E-state index contributed by atoms with van der Waals surface area (Å²) >= 11 is 11.7. The Morgan fingerprint density at radius 1 is 1.15 bits per heavy atom. The van der Waals surface area contributed by atoms with Crippen LogP contribution in [0.4, 0.5) is 11.4 Å². The second kappa shape index (κ2) is 6.90. The lowest BCUT2D eigenvalue weighted by Gasteiger charge is -2.13. The standard InChI is InChI=1S/C14H9Cl2N5O4S/c15-9-1-4-13(20-8-17-7-18-20)12(5-9)19-26(24,25)10-2-3-11(16)14(6-10)21(22)23/h1-8,19H. The Kier molecular flexibility index (Phi) is 4.81. The van der Waals surface area contributed by atoms with Crippen molar-refractivity contribution in [3.8, 4) is 5.69 Å². The summed E-state index contributed by atoms with van der Waals surface area (Å²) < 4.78 is 29.0. The molecule has 0 saturated carbocycles. The van der Waals surface area contributed by atoms with Gasteiger partial charge in [-0.05, 0) is 30.3 Å². The van der Waals surface area contributed by atoms with Crippen molar-refractivity contribution >= 4 is 44.6 Å². The molecule has 2 aromatic carbocycles. The van der Waals surface area contributed by atoms with Crippen LogP contribution in [0, 0.1) is 10.1 Å². The van der Waals surface area contributed by atoms with E-state index in [4.69, 9.17) is 23.2 Å². The van der Waals surface area contributed by atoms with Crippen LogP contribution in [0.1, 0.15) is 0 Å². The molecule has 12 heteroatoms. The molecule has 0 radical (unpaired) electrons. The van der Waals surface area contributed by atoms with Crippen LogP contribution in [0.2, 0.25) is 10.0 Å². The maximum Gasteiger partial charge on any atom is 0.289 e. The van der Waals surface area contributed by atoms with E-state index in [9.17, 15) is 18.5 Å². The highest BCUT2D eigenvalue weighted by Gasteiger charge is 2.22. The van der Waals surface area contributed by atoms with Gasteiger partial charge in [-0.15, -0.1) is 0 Å². The van der Waals surface area contributed by atoms with E-state index in [1.54, 1.807) is 12.1 Å². The van der Waals surface area contributed by atoms with Crippen LogP contribution in [0.15, 0.2) is 53.9 Å². The number of halogens is 2. The smallest absolute Gasteiger partial charge is 0.277 e. The summed E-state index contributed by atoms with van der Waals surface area (Å²) in [6.07, 6.45) is 2.67. The fraction of sp³-hybridized carbons (Fsp3) is 0. The number of sulfonamides is 1. The van der Waals surface area contributed by atoms with Crippen LogP contribution >= 0.6 is 23.2 Å². The maximum atomic E-state index is 12.7. The van der Waals surface area contributed by atoms with Gasteiger partial charge in [0.15, 0.2) is 0 Å². The topological polar surface area (TPSA) is 120 Å². The number of nitrogens with zero attached hydrogens (tertiary/aromatic N) is 4. The van der Waals surface area contributed by atoms with E-state index in [0.29, 0.717) is 5.69 Å². The lowest BCUT2D eigenvalue weighted by atomic mass is 10.3. The molecule has 0 atom stereocenters. The van der Waals surface area contributed by atoms with Gasteiger partial charge in [0.1, 0.15) is 17.7 Å². The number of nitro groups is 1. The second-order valence-corrected chi connectivity index (χ2v) is 7.50. The van der Waals surface area contributed by atoms with Gasteiger partial charge in [0, 0.05) is 11.1 Å². The van der Waals surface area contributed by atoms with E-state index in [1.807, 2.05) is 0 Å². The first-order valence-corrected chi connectivity index (χ1v) is 9.13. The number of nitro benzene ring substituents is 1. The fourth-order valence-corrected chi connectivity index (χ4v) is 3.57. The Morgan fingerprint density at radius 2 is 1.92 bits per heavy atom. The van der Waals surface area contributed by atoms with E-state index in [2.05, 4.69) is 14.8 Å². The molecule has 9 nitrogen and oxygen atoms in total. The molecule has 0 spiro atoms. The van der Waals surface area contributed by atoms with Crippen molar-refractivity contribution in [1.29, 1.82) is 0 Å². The molecule has 0 aliphatic heterocycles. The summed E-state index contributed by atoms with van der Waals surface area (Å²) in [7, 11) is -4.15. The molecule has 134 valence electrons. The summed E-state index contributed by atoms with van der Waals surface area (Å²) in [6.45, 7) is 0. The summed E-state index contributed by atoms with van der Waals surface area (Å²) in [4.78, 5) is 13.7. The number of aromatic nitrogens is 3. The van der Waals surface area contributed by atoms with E-state index in [1.165, 1.54) is 23.4 Å². The van der Waals surface area contributed by atoms with Gasteiger partial charge in [0.05, 0.1) is 21.2 Å². The number of anilines is 1. The molecule has 1 N–H and O–H groups in total. The first-order valence-electron chi connectivity index (χ1n) is 6.89. The highest BCUT2D eigenvalue weighted by molar-refractivity contribution is 7.92. The number of hydrogen-bond donors (Lipinski definition) is 1. The van der Waals surface area contributed by atoms with Gasteiger partial charge < -0.3 is 0 Å². The molecule has 3 aromatic rings. The SMILES string of the molecule is O=[N+]([O-])c1cc(S(=O)(=O)Nc2cc(Cl)ccc2-n2cncn2)ccc1Cl. The maximum absolute atomic E-state index is 12.7. The molecule has 0 fully saturated rings. The van der Waals surface area contributed by atoms with Crippen LogP contribution in [0.25, 0.3) is 5.69 Å². The van der Waals surface area contributed by atoms with Gasteiger partial charge >= 0.3 is 0 Å². The van der Waals surface area contributed by atoms with Crippen molar-refractivity contribution in [3.05, 3.63) is 69.2 Å². The Labute approximate surface area is 157 Å². The van der Waals surface area contributed by atoms with Crippen LogP contribution < -0.4 is 4.72 Å². The quantitative estimate of drug-likeness (QED) is 0.505. The molecular weight excluding hydrogens is 405 g/mol. The molecule has 0 amide bonds. The zero-order chi connectivity index (χ0) is 18.9.